The Hall–Kier alpha value is -1.63. The Bertz CT molecular complexity index is 835. The van der Waals surface area contributed by atoms with Crippen molar-refractivity contribution >= 4 is 10.0 Å². The van der Waals surface area contributed by atoms with E-state index in [1.54, 1.807) is 12.1 Å². The molecule has 5 nitrogen and oxygen atoms in total. The first kappa shape index (κ1) is 21.1. The van der Waals surface area contributed by atoms with Crippen molar-refractivity contribution in [2.75, 3.05) is 19.6 Å². The molecule has 0 saturated carbocycles. The van der Waals surface area contributed by atoms with E-state index in [9.17, 15) is 8.42 Å². The number of aromatic nitrogens is 1. The van der Waals surface area contributed by atoms with E-state index in [-0.39, 0.29) is 6.04 Å². The second-order valence-electron chi connectivity index (χ2n) is 7.76. The highest BCUT2D eigenvalue weighted by Crippen LogP contribution is 2.24. The minimum atomic E-state index is -3.52. The molecular weight excluding hydrogens is 370 g/mol. The molecule has 2 aromatic rings. The lowest BCUT2D eigenvalue weighted by atomic mass is 10.1. The van der Waals surface area contributed by atoms with Crippen molar-refractivity contribution in [1.82, 2.24) is 14.2 Å². The van der Waals surface area contributed by atoms with Crippen molar-refractivity contribution < 1.29 is 8.42 Å². The quantitative estimate of drug-likeness (QED) is 0.728. The van der Waals surface area contributed by atoms with E-state index in [1.165, 1.54) is 31.2 Å². The highest BCUT2D eigenvalue weighted by molar-refractivity contribution is 7.89. The summed E-state index contributed by atoms with van der Waals surface area (Å²) in [6.45, 7) is 4.54. The molecule has 1 aliphatic rings. The molecule has 1 aliphatic heterocycles. The van der Waals surface area contributed by atoms with Gasteiger partial charge in [0.1, 0.15) is 0 Å². The van der Waals surface area contributed by atoms with Gasteiger partial charge in [-0.25, -0.2) is 13.1 Å². The summed E-state index contributed by atoms with van der Waals surface area (Å²) in [4.78, 5) is 2.78. The largest absolute Gasteiger partial charge is 0.353 e. The zero-order valence-corrected chi connectivity index (χ0v) is 17.9. The second kappa shape index (κ2) is 9.72. The van der Waals surface area contributed by atoms with Gasteiger partial charge in [0.05, 0.1) is 10.9 Å². The number of likely N-dealkylation sites (tertiary alicyclic amines) is 1. The third-order valence-corrected chi connectivity index (χ3v) is 7.09. The fourth-order valence-corrected chi connectivity index (χ4v) is 5.08. The summed E-state index contributed by atoms with van der Waals surface area (Å²) < 4.78 is 30.7. The number of nitrogens with one attached hydrogen (secondary N) is 1. The number of sulfonamides is 1. The summed E-state index contributed by atoms with van der Waals surface area (Å²) in [5.74, 6) is 0. The topological polar surface area (TPSA) is 54.3 Å². The molecule has 1 atom stereocenters. The Morgan fingerprint density at radius 3 is 2.29 bits per heavy atom. The van der Waals surface area contributed by atoms with E-state index in [0.29, 0.717) is 11.4 Å². The van der Waals surface area contributed by atoms with Gasteiger partial charge in [0.2, 0.25) is 10.0 Å². The molecule has 1 aromatic heterocycles. The number of aryl methyl sites for hydroxylation is 2. The molecule has 0 spiro atoms. The minimum Gasteiger partial charge on any atom is -0.353 e. The molecule has 154 valence electrons. The van der Waals surface area contributed by atoms with Crippen molar-refractivity contribution in [3.05, 3.63) is 53.9 Å². The third-order valence-electron chi connectivity index (χ3n) is 5.65. The number of hydrogen-bond donors (Lipinski definition) is 1. The standard InChI is InChI=1S/C22H33N3O2S/c1-3-9-19-11-13-20(14-12-19)28(26,27)23-18-22(21-10-8-15-24(21)2)25-16-6-4-5-7-17-25/h8,10-15,22-23H,3-7,9,16-18H2,1-2H3. The van der Waals surface area contributed by atoms with Crippen LogP contribution in [-0.4, -0.2) is 37.5 Å². The molecule has 1 saturated heterocycles. The normalized spacial score (nSPS) is 17.4. The number of nitrogens with zero attached hydrogens (tertiary/aromatic N) is 2. The van der Waals surface area contributed by atoms with Crippen LogP contribution in [0.3, 0.4) is 0 Å². The predicted octanol–water partition coefficient (Wildman–Crippen LogP) is 3.87. The highest BCUT2D eigenvalue weighted by atomic mass is 32.2. The number of rotatable bonds is 8. The molecule has 1 fully saturated rings. The minimum absolute atomic E-state index is 0.0484. The lowest BCUT2D eigenvalue weighted by Gasteiger charge is -2.31. The van der Waals surface area contributed by atoms with Crippen molar-refractivity contribution in [2.45, 2.75) is 56.4 Å². The van der Waals surface area contributed by atoms with E-state index in [1.807, 2.05) is 31.4 Å². The molecule has 1 aromatic carbocycles. The average Bonchev–Trinajstić information content (AvgIpc) is 2.93. The smallest absolute Gasteiger partial charge is 0.240 e. The molecule has 0 radical (unpaired) electrons. The lowest BCUT2D eigenvalue weighted by molar-refractivity contribution is 0.199. The lowest BCUT2D eigenvalue weighted by Crippen LogP contribution is -2.39. The first-order valence-electron chi connectivity index (χ1n) is 10.4. The molecule has 2 heterocycles. The zero-order valence-electron chi connectivity index (χ0n) is 17.1. The van der Waals surface area contributed by atoms with Gasteiger partial charge in [-0.05, 0) is 62.2 Å². The summed E-state index contributed by atoms with van der Waals surface area (Å²) in [5, 5.41) is 0. The van der Waals surface area contributed by atoms with Gasteiger partial charge in [0.25, 0.3) is 0 Å². The average molecular weight is 404 g/mol. The Morgan fingerprint density at radius 1 is 1.04 bits per heavy atom. The van der Waals surface area contributed by atoms with E-state index in [2.05, 4.69) is 27.2 Å². The molecular formula is C22H33N3O2S. The van der Waals surface area contributed by atoms with Crippen LogP contribution in [0.15, 0.2) is 47.5 Å². The molecule has 1 N–H and O–H groups in total. The Labute approximate surface area is 169 Å². The van der Waals surface area contributed by atoms with E-state index < -0.39 is 10.0 Å². The summed E-state index contributed by atoms with van der Waals surface area (Å²) in [5.41, 5.74) is 2.33. The van der Waals surface area contributed by atoms with Gasteiger partial charge in [-0.2, -0.15) is 0 Å². The van der Waals surface area contributed by atoms with Crippen molar-refractivity contribution in [1.29, 1.82) is 0 Å². The molecule has 28 heavy (non-hydrogen) atoms. The monoisotopic (exact) mass is 403 g/mol. The first-order valence-corrected chi connectivity index (χ1v) is 11.9. The fraction of sp³-hybridized carbons (Fsp3) is 0.545. The second-order valence-corrected chi connectivity index (χ2v) is 9.52. The Morgan fingerprint density at radius 2 is 1.71 bits per heavy atom. The van der Waals surface area contributed by atoms with Crippen LogP contribution in [0.2, 0.25) is 0 Å². The first-order chi connectivity index (χ1) is 13.5. The van der Waals surface area contributed by atoms with E-state index >= 15 is 0 Å². The van der Waals surface area contributed by atoms with E-state index in [0.717, 1.165) is 31.6 Å². The maximum atomic E-state index is 12.9. The maximum Gasteiger partial charge on any atom is 0.240 e. The Balaban J connectivity index is 1.75. The summed E-state index contributed by atoms with van der Waals surface area (Å²) in [6.07, 6.45) is 8.91. The van der Waals surface area contributed by atoms with Crippen LogP contribution in [0.5, 0.6) is 0 Å². The Kier molecular flexibility index (Phi) is 7.32. The summed E-state index contributed by atoms with van der Waals surface area (Å²) in [6, 6.07) is 11.5. The summed E-state index contributed by atoms with van der Waals surface area (Å²) >= 11 is 0. The highest BCUT2D eigenvalue weighted by Gasteiger charge is 2.25. The van der Waals surface area contributed by atoms with Crippen LogP contribution in [-0.2, 0) is 23.5 Å². The molecule has 0 bridgehead atoms. The van der Waals surface area contributed by atoms with Gasteiger partial charge in [-0.1, -0.05) is 38.3 Å². The van der Waals surface area contributed by atoms with E-state index in [4.69, 9.17) is 0 Å². The number of hydrogen-bond acceptors (Lipinski definition) is 3. The van der Waals surface area contributed by atoms with Crippen molar-refractivity contribution in [2.24, 2.45) is 7.05 Å². The van der Waals surface area contributed by atoms with Crippen LogP contribution >= 0.6 is 0 Å². The molecule has 3 rings (SSSR count). The molecule has 1 unspecified atom stereocenters. The fourth-order valence-electron chi connectivity index (χ4n) is 4.04. The van der Waals surface area contributed by atoms with Gasteiger partial charge in [-0.3, -0.25) is 4.90 Å². The van der Waals surface area contributed by atoms with Crippen LogP contribution in [0.1, 0.15) is 56.3 Å². The van der Waals surface area contributed by atoms with Crippen molar-refractivity contribution in [3.8, 4) is 0 Å². The third kappa shape index (κ3) is 5.25. The van der Waals surface area contributed by atoms with Crippen LogP contribution in [0.25, 0.3) is 0 Å². The van der Waals surface area contributed by atoms with Crippen LogP contribution < -0.4 is 4.72 Å². The maximum absolute atomic E-state index is 12.9. The SMILES string of the molecule is CCCc1ccc(S(=O)(=O)NCC(c2cccn2C)N2CCCCCC2)cc1. The molecule has 0 amide bonds. The summed E-state index contributed by atoms with van der Waals surface area (Å²) in [7, 11) is -1.50. The zero-order chi connectivity index (χ0) is 20.0. The molecule has 0 aliphatic carbocycles. The van der Waals surface area contributed by atoms with Gasteiger partial charge in [0, 0.05) is 25.5 Å². The van der Waals surface area contributed by atoms with Crippen LogP contribution in [0.4, 0.5) is 0 Å². The molecule has 6 heteroatoms. The van der Waals surface area contributed by atoms with Gasteiger partial charge >= 0.3 is 0 Å². The van der Waals surface area contributed by atoms with Gasteiger partial charge in [0.15, 0.2) is 0 Å². The number of benzene rings is 1. The van der Waals surface area contributed by atoms with Gasteiger partial charge < -0.3 is 4.57 Å². The van der Waals surface area contributed by atoms with Gasteiger partial charge in [-0.15, -0.1) is 0 Å². The van der Waals surface area contributed by atoms with Crippen molar-refractivity contribution in [3.63, 3.8) is 0 Å². The predicted molar refractivity (Wildman–Crippen MR) is 114 cm³/mol. The van der Waals surface area contributed by atoms with Crippen LogP contribution in [0, 0.1) is 0 Å².